The van der Waals surface area contributed by atoms with Gasteiger partial charge in [0.05, 0.1) is 16.3 Å². The molecule has 0 unspecified atom stereocenters. The maximum absolute atomic E-state index is 12.9. The highest BCUT2D eigenvalue weighted by molar-refractivity contribution is 6.31. The number of esters is 1. The number of fused-ring (bicyclic) bond motifs is 1. The zero-order chi connectivity index (χ0) is 20.5. The Morgan fingerprint density at radius 2 is 2.07 bits per heavy atom. The van der Waals surface area contributed by atoms with Gasteiger partial charge in [0.1, 0.15) is 5.56 Å². The van der Waals surface area contributed by atoms with E-state index in [0.717, 1.165) is 6.07 Å². The fraction of sp³-hybridized carbons (Fsp3) is 0.176. The molecule has 146 valence electrons. The first kappa shape index (κ1) is 19.6. The van der Waals surface area contributed by atoms with Crippen LogP contribution in [0.4, 0.5) is 18.9 Å². The smallest absolute Gasteiger partial charge is 0.417 e. The van der Waals surface area contributed by atoms with E-state index in [1.165, 1.54) is 16.8 Å². The number of benzene rings is 1. The number of halogens is 4. The highest BCUT2D eigenvalue weighted by Crippen LogP contribution is 2.36. The van der Waals surface area contributed by atoms with Crippen molar-refractivity contribution >= 4 is 34.8 Å². The van der Waals surface area contributed by atoms with Gasteiger partial charge in [0, 0.05) is 18.1 Å². The molecule has 0 aliphatic carbocycles. The molecule has 28 heavy (non-hydrogen) atoms. The highest BCUT2D eigenvalue weighted by atomic mass is 35.5. The van der Waals surface area contributed by atoms with E-state index >= 15 is 0 Å². The van der Waals surface area contributed by atoms with Gasteiger partial charge in [-0.1, -0.05) is 11.6 Å². The third-order valence-corrected chi connectivity index (χ3v) is 3.99. The van der Waals surface area contributed by atoms with Crippen LogP contribution in [0.15, 0.2) is 36.7 Å². The van der Waals surface area contributed by atoms with Crippen molar-refractivity contribution < 1.29 is 27.5 Å². The van der Waals surface area contributed by atoms with Crippen LogP contribution in [0, 0.1) is 6.92 Å². The third-order valence-electron chi connectivity index (χ3n) is 3.66. The number of carbonyl (C=O) groups excluding carboxylic acids is 2. The molecule has 0 fully saturated rings. The average molecular weight is 413 g/mol. The van der Waals surface area contributed by atoms with Crippen molar-refractivity contribution in [2.45, 2.75) is 13.1 Å². The van der Waals surface area contributed by atoms with E-state index in [4.69, 9.17) is 16.3 Å². The SMILES string of the molecule is Cc1nn2cccnc2c1C(=O)OCC(=O)Nc1ccc(Cl)c(C(F)(F)F)c1. The molecule has 3 aromatic rings. The van der Waals surface area contributed by atoms with E-state index in [1.54, 1.807) is 19.2 Å². The molecule has 1 amide bonds. The van der Waals surface area contributed by atoms with Gasteiger partial charge >= 0.3 is 12.1 Å². The topological polar surface area (TPSA) is 85.6 Å². The number of aryl methyl sites for hydroxylation is 1. The van der Waals surface area contributed by atoms with Crippen molar-refractivity contribution in [3.8, 4) is 0 Å². The fourth-order valence-electron chi connectivity index (χ4n) is 2.46. The van der Waals surface area contributed by atoms with E-state index in [2.05, 4.69) is 15.4 Å². The minimum atomic E-state index is -4.67. The molecule has 2 aromatic heterocycles. The zero-order valence-electron chi connectivity index (χ0n) is 14.2. The molecular formula is C17H12ClF3N4O3. The Hall–Kier alpha value is -3.14. The van der Waals surface area contributed by atoms with Crippen molar-refractivity contribution in [3.63, 3.8) is 0 Å². The number of aromatic nitrogens is 3. The van der Waals surface area contributed by atoms with Gasteiger partial charge in [-0.15, -0.1) is 0 Å². The summed E-state index contributed by atoms with van der Waals surface area (Å²) >= 11 is 5.52. The molecular weight excluding hydrogens is 401 g/mol. The zero-order valence-corrected chi connectivity index (χ0v) is 15.0. The molecule has 0 spiro atoms. The Bertz CT molecular complexity index is 1070. The standard InChI is InChI=1S/C17H12ClF3N4O3/c1-9-14(15-22-5-2-6-25(15)24-9)16(27)28-8-13(26)23-10-3-4-12(18)11(7-10)17(19,20)21/h2-7H,8H2,1H3,(H,23,26). The number of anilines is 1. The second-order valence-corrected chi connectivity index (χ2v) is 6.07. The molecule has 0 aliphatic rings. The van der Waals surface area contributed by atoms with Gasteiger partial charge in [0.15, 0.2) is 12.3 Å². The van der Waals surface area contributed by atoms with Gasteiger partial charge < -0.3 is 10.1 Å². The number of hydrogen-bond acceptors (Lipinski definition) is 5. The molecule has 0 aliphatic heterocycles. The van der Waals surface area contributed by atoms with Crippen LogP contribution in [0.1, 0.15) is 21.6 Å². The summed E-state index contributed by atoms with van der Waals surface area (Å²) in [6.45, 7) is 0.879. The summed E-state index contributed by atoms with van der Waals surface area (Å²) in [7, 11) is 0. The predicted molar refractivity (Wildman–Crippen MR) is 93.1 cm³/mol. The maximum Gasteiger partial charge on any atom is 0.417 e. The molecule has 11 heteroatoms. The molecule has 3 rings (SSSR count). The molecule has 0 radical (unpaired) electrons. The monoisotopic (exact) mass is 412 g/mol. The summed E-state index contributed by atoms with van der Waals surface area (Å²) < 4.78 is 44.9. The normalized spacial score (nSPS) is 11.5. The van der Waals surface area contributed by atoms with Crippen LogP contribution in [-0.2, 0) is 15.7 Å². The summed E-state index contributed by atoms with van der Waals surface area (Å²) in [6.07, 6.45) is -1.60. The number of nitrogens with one attached hydrogen (secondary N) is 1. The molecule has 0 atom stereocenters. The highest BCUT2D eigenvalue weighted by Gasteiger charge is 2.33. The first-order valence-corrected chi connectivity index (χ1v) is 8.18. The van der Waals surface area contributed by atoms with Crippen LogP contribution in [0.2, 0.25) is 5.02 Å². The van der Waals surface area contributed by atoms with Crippen LogP contribution in [0.3, 0.4) is 0 Å². The Kier molecular flexibility index (Phi) is 5.23. The number of amides is 1. The van der Waals surface area contributed by atoms with E-state index < -0.39 is 35.2 Å². The first-order valence-electron chi connectivity index (χ1n) is 7.80. The molecule has 1 N–H and O–H groups in total. The number of rotatable bonds is 4. The minimum absolute atomic E-state index is 0.0965. The van der Waals surface area contributed by atoms with E-state index in [9.17, 15) is 22.8 Å². The Labute approximate surface area is 161 Å². The Morgan fingerprint density at radius 3 is 2.79 bits per heavy atom. The summed E-state index contributed by atoms with van der Waals surface area (Å²) in [5.41, 5.74) is -0.502. The lowest BCUT2D eigenvalue weighted by atomic mass is 10.2. The molecule has 2 heterocycles. The summed E-state index contributed by atoms with van der Waals surface area (Å²) in [4.78, 5) is 28.2. The number of ether oxygens (including phenoxy) is 1. The molecule has 7 nitrogen and oxygen atoms in total. The first-order chi connectivity index (χ1) is 13.2. The summed E-state index contributed by atoms with van der Waals surface area (Å²) in [5, 5.41) is 5.83. The van der Waals surface area contributed by atoms with Crippen LogP contribution in [0.25, 0.3) is 5.65 Å². The fourth-order valence-corrected chi connectivity index (χ4v) is 2.68. The van der Waals surface area contributed by atoms with Crippen molar-refractivity contribution in [3.05, 3.63) is 58.5 Å². The van der Waals surface area contributed by atoms with Gasteiger partial charge in [-0.2, -0.15) is 18.3 Å². The lowest BCUT2D eigenvalue weighted by Gasteiger charge is -2.12. The van der Waals surface area contributed by atoms with Crippen molar-refractivity contribution in [1.29, 1.82) is 0 Å². The lowest BCUT2D eigenvalue weighted by molar-refractivity contribution is -0.137. The summed E-state index contributed by atoms with van der Waals surface area (Å²) in [5.74, 6) is -1.64. The van der Waals surface area contributed by atoms with Gasteiger partial charge in [0.25, 0.3) is 5.91 Å². The van der Waals surface area contributed by atoms with Crippen LogP contribution in [0.5, 0.6) is 0 Å². The number of nitrogens with zero attached hydrogens (tertiary/aromatic N) is 3. The van der Waals surface area contributed by atoms with E-state index in [1.807, 2.05) is 0 Å². The molecule has 0 saturated heterocycles. The van der Waals surface area contributed by atoms with Crippen LogP contribution >= 0.6 is 11.6 Å². The maximum atomic E-state index is 12.9. The van der Waals surface area contributed by atoms with Gasteiger partial charge in [-0.05, 0) is 31.2 Å². The van der Waals surface area contributed by atoms with Crippen molar-refractivity contribution in [2.75, 3.05) is 11.9 Å². The van der Waals surface area contributed by atoms with Gasteiger partial charge in [0.2, 0.25) is 0 Å². The third kappa shape index (κ3) is 4.06. The Balaban J connectivity index is 1.68. The van der Waals surface area contributed by atoms with Crippen molar-refractivity contribution in [1.82, 2.24) is 14.6 Å². The van der Waals surface area contributed by atoms with Crippen LogP contribution < -0.4 is 5.32 Å². The molecule has 1 aromatic carbocycles. The number of carbonyl (C=O) groups is 2. The second kappa shape index (κ2) is 7.47. The Morgan fingerprint density at radius 1 is 1.32 bits per heavy atom. The second-order valence-electron chi connectivity index (χ2n) is 5.66. The average Bonchev–Trinajstić information content (AvgIpc) is 2.96. The van der Waals surface area contributed by atoms with Gasteiger partial charge in [-0.25, -0.2) is 14.3 Å². The van der Waals surface area contributed by atoms with Gasteiger partial charge in [-0.3, -0.25) is 4.79 Å². The lowest BCUT2D eigenvalue weighted by Crippen LogP contribution is -2.21. The largest absolute Gasteiger partial charge is 0.452 e. The molecule has 0 bridgehead atoms. The molecule has 0 saturated carbocycles. The van der Waals surface area contributed by atoms with Crippen LogP contribution in [-0.4, -0.2) is 33.1 Å². The number of alkyl halides is 3. The number of hydrogen-bond donors (Lipinski definition) is 1. The summed E-state index contributed by atoms with van der Waals surface area (Å²) in [6, 6.07) is 4.54. The van der Waals surface area contributed by atoms with Crippen molar-refractivity contribution in [2.24, 2.45) is 0 Å². The minimum Gasteiger partial charge on any atom is -0.452 e. The van der Waals surface area contributed by atoms with E-state index in [-0.39, 0.29) is 16.9 Å². The van der Waals surface area contributed by atoms with E-state index in [0.29, 0.717) is 11.8 Å². The predicted octanol–water partition coefficient (Wildman–Crippen LogP) is 3.51. The quantitative estimate of drug-likeness (QED) is 0.663.